The highest BCUT2D eigenvalue weighted by Gasteiger charge is 2.09. The normalized spacial score (nSPS) is 9.95. The summed E-state index contributed by atoms with van der Waals surface area (Å²) >= 11 is 0. The Hall–Kier alpha value is -2.94. The van der Waals surface area contributed by atoms with Crippen molar-refractivity contribution in [2.24, 2.45) is 0 Å². The van der Waals surface area contributed by atoms with Crippen molar-refractivity contribution in [3.63, 3.8) is 0 Å². The molecule has 0 aliphatic rings. The number of aromatic nitrogens is 2. The summed E-state index contributed by atoms with van der Waals surface area (Å²) in [6.45, 7) is 2.33. The average molecular weight is 282 g/mol. The van der Waals surface area contributed by atoms with Crippen molar-refractivity contribution in [2.45, 2.75) is 13.5 Å². The lowest BCUT2D eigenvalue weighted by Crippen LogP contribution is -2.20. The molecule has 2 aromatic rings. The SMILES string of the molecule is Cc1cc(C#N)nc(N(C)Cc2ccc(C(=O)O)cc2)n1. The molecule has 6 heteroatoms. The second-order valence-corrected chi connectivity index (χ2v) is 4.66. The van der Waals surface area contributed by atoms with Gasteiger partial charge in [0, 0.05) is 19.3 Å². The predicted octanol–water partition coefficient (Wildman–Crippen LogP) is 1.99. The van der Waals surface area contributed by atoms with Gasteiger partial charge in [-0.25, -0.2) is 14.8 Å². The van der Waals surface area contributed by atoms with E-state index < -0.39 is 5.97 Å². The Kier molecular flexibility index (Phi) is 4.14. The Labute approximate surface area is 122 Å². The topological polar surface area (TPSA) is 90.1 Å². The first-order chi connectivity index (χ1) is 9.99. The Morgan fingerprint density at radius 2 is 2.00 bits per heavy atom. The maximum absolute atomic E-state index is 10.8. The summed E-state index contributed by atoms with van der Waals surface area (Å²) in [5.74, 6) is -0.482. The van der Waals surface area contributed by atoms with Gasteiger partial charge in [-0.15, -0.1) is 0 Å². The van der Waals surface area contributed by atoms with Crippen molar-refractivity contribution in [1.82, 2.24) is 9.97 Å². The van der Waals surface area contributed by atoms with Gasteiger partial charge >= 0.3 is 5.97 Å². The van der Waals surface area contributed by atoms with E-state index in [1.165, 1.54) is 0 Å². The van der Waals surface area contributed by atoms with E-state index in [1.807, 2.05) is 24.9 Å². The minimum Gasteiger partial charge on any atom is -0.478 e. The smallest absolute Gasteiger partial charge is 0.335 e. The Morgan fingerprint density at radius 1 is 1.33 bits per heavy atom. The van der Waals surface area contributed by atoms with Crippen LogP contribution in [0.15, 0.2) is 30.3 Å². The fraction of sp³-hybridized carbons (Fsp3) is 0.200. The summed E-state index contributed by atoms with van der Waals surface area (Å²) in [4.78, 5) is 21.1. The summed E-state index contributed by atoms with van der Waals surface area (Å²) in [5, 5.41) is 17.8. The number of carbonyl (C=O) groups is 1. The molecule has 0 radical (unpaired) electrons. The van der Waals surface area contributed by atoms with Crippen molar-refractivity contribution < 1.29 is 9.90 Å². The van der Waals surface area contributed by atoms with Gasteiger partial charge in [0.25, 0.3) is 0 Å². The molecule has 1 aromatic heterocycles. The Bertz CT molecular complexity index is 705. The Balaban J connectivity index is 2.17. The lowest BCUT2D eigenvalue weighted by atomic mass is 10.1. The standard InChI is InChI=1S/C15H14N4O2/c1-10-7-13(8-16)18-15(17-10)19(2)9-11-3-5-12(6-4-11)14(20)21/h3-7H,9H2,1-2H3,(H,20,21). The van der Waals surface area contributed by atoms with Crippen LogP contribution in [0.2, 0.25) is 0 Å². The molecule has 0 unspecified atom stereocenters. The van der Waals surface area contributed by atoms with Crippen LogP contribution in [0, 0.1) is 18.3 Å². The van der Waals surface area contributed by atoms with Crippen LogP contribution in [0.5, 0.6) is 0 Å². The minimum absolute atomic E-state index is 0.250. The summed E-state index contributed by atoms with van der Waals surface area (Å²) in [6.07, 6.45) is 0. The van der Waals surface area contributed by atoms with E-state index in [0.717, 1.165) is 11.3 Å². The highest BCUT2D eigenvalue weighted by Crippen LogP contribution is 2.13. The number of aromatic carboxylic acids is 1. The Morgan fingerprint density at radius 3 is 2.57 bits per heavy atom. The van der Waals surface area contributed by atoms with Crippen LogP contribution in [0.3, 0.4) is 0 Å². The highest BCUT2D eigenvalue weighted by atomic mass is 16.4. The third kappa shape index (κ3) is 3.54. The molecule has 0 spiro atoms. The van der Waals surface area contributed by atoms with Crippen molar-refractivity contribution in [1.29, 1.82) is 5.26 Å². The minimum atomic E-state index is -0.949. The summed E-state index contributed by atoms with van der Waals surface area (Å²) in [5.41, 5.74) is 2.24. The molecule has 0 aliphatic heterocycles. The molecule has 106 valence electrons. The molecule has 0 saturated carbocycles. The van der Waals surface area contributed by atoms with Gasteiger partial charge in [-0.1, -0.05) is 12.1 Å². The van der Waals surface area contributed by atoms with Gasteiger partial charge in [-0.3, -0.25) is 0 Å². The van der Waals surface area contributed by atoms with E-state index in [2.05, 4.69) is 9.97 Å². The fourth-order valence-corrected chi connectivity index (χ4v) is 1.88. The molecule has 0 fully saturated rings. The lowest BCUT2D eigenvalue weighted by molar-refractivity contribution is 0.0697. The highest BCUT2D eigenvalue weighted by molar-refractivity contribution is 5.87. The molecular formula is C15H14N4O2. The molecule has 0 aliphatic carbocycles. The van der Waals surface area contributed by atoms with Gasteiger partial charge in [0.15, 0.2) is 0 Å². The zero-order valence-electron chi connectivity index (χ0n) is 11.7. The molecule has 1 N–H and O–H groups in total. The molecule has 2 rings (SSSR count). The van der Waals surface area contributed by atoms with Gasteiger partial charge in [0.1, 0.15) is 11.8 Å². The lowest BCUT2D eigenvalue weighted by Gasteiger charge is -2.17. The second-order valence-electron chi connectivity index (χ2n) is 4.66. The van der Waals surface area contributed by atoms with E-state index >= 15 is 0 Å². The van der Waals surface area contributed by atoms with Gasteiger partial charge in [-0.05, 0) is 30.7 Å². The molecule has 21 heavy (non-hydrogen) atoms. The van der Waals surface area contributed by atoms with E-state index in [1.54, 1.807) is 30.3 Å². The molecular weight excluding hydrogens is 268 g/mol. The number of rotatable bonds is 4. The van der Waals surface area contributed by atoms with Crippen LogP contribution in [0.1, 0.15) is 27.3 Å². The van der Waals surface area contributed by atoms with Gasteiger partial charge in [-0.2, -0.15) is 5.26 Å². The number of aryl methyl sites for hydroxylation is 1. The summed E-state index contributed by atoms with van der Waals surface area (Å²) < 4.78 is 0. The summed E-state index contributed by atoms with van der Waals surface area (Å²) in [7, 11) is 1.82. The first kappa shape index (κ1) is 14.5. The van der Waals surface area contributed by atoms with Crippen LogP contribution in [0.4, 0.5) is 5.95 Å². The number of hydrogen-bond acceptors (Lipinski definition) is 5. The third-order valence-corrected chi connectivity index (χ3v) is 2.92. The maximum Gasteiger partial charge on any atom is 0.335 e. The molecule has 1 aromatic carbocycles. The number of benzene rings is 1. The third-order valence-electron chi connectivity index (χ3n) is 2.92. The van der Waals surface area contributed by atoms with Crippen molar-refractivity contribution in [2.75, 3.05) is 11.9 Å². The van der Waals surface area contributed by atoms with E-state index in [4.69, 9.17) is 10.4 Å². The van der Waals surface area contributed by atoms with Crippen molar-refractivity contribution >= 4 is 11.9 Å². The molecule has 0 amide bonds. The van der Waals surface area contributed by atoms with Gasteiger partial charge in [0.05, 0.1) is 5.56 Å². The zero-order valence-corrected chi connectivity index (χ0v) is 11.7. The largest absolute Gasteiger partial charge is 0.478 e. The maximum atomic E-state index is 10.8. The van der Waals surface area contributed by atoms with Crippen LogP contribution < -0.4 is 4.90 Å². The molecule has 1 heterocycles. The van der Waals surface area contributed by atoms with Crippen molar-refractivity contribution in [3.8, 4) is 6.07 Å². The summed E-state index contributed by atoms with van der Waals surface area (Å²) in [6, 6.07) is 10.2. The second kappa shape index (κ2) is 6.01. The van der Waals surface area contributed by atoms with Crippen LogP contribution in [-0.4, -0.2) is 28.1 Å². The number of anilines is 1. The van der Waals surface area contributed by atoms with Crippen LogP contribution in [-0.2, 0) is 6.54 Å². The average Bonchev–Trinajstić information content (AvgIpc) is 2.47. The molecule has 0 atom stereocenters. The number of nitriles is 1. The monoisotopic (exact) mass is 282 g/mol. The van der Waals surface area contributed by atoms with Gasteiger partial charge < -0.3 is 10.0 Å². The number of carboxylic acid groups (broad SMARTS) is 1. The first-order valence-corrected chi connectivity index (χ1v) is 6.29. The number of nitrogens with zero attached hydrogens (tertiary/aromatic N) is 4. The molecule has 0 bridgehead atoms. The number of carboxylic acids is 1. The zero-order chi connectivity index (χ0) is 15.4. The number of hydrogen-bond donors (Lipinski definition) is 1. The van der Waals surface area contributed by atoms with Crippen LogP contribution >= 0.6 is 0 Å². The van der Waals surface area contributed by atoms with E-state index in [-0.39, 0.29) is 5.56 Å². The molecule has 0 saturated heterocycles. The first-order valence-electron chi connectivity index (χ1n) is 6.29. The van der Waals surface area contributed by atoms with E-state index in [0.29, 0.717) is 18.2 Å². The van der Waals surface area contributed by atoms with Crippen LogP contribution in [0.25, 0.3) is 0 Å². The molecule has 6 nitrogen and oxygen atoms in total. The van der Waals surface area contributed by atoms with Gasteiger partial charge in [0.2, 0.25) is 5.95 Å². The fourth-order valence-electron chi connectivity index (χ4n) is 1.88. The quantitative estimate of drug-likeness (QED) is 0.922. The van der Waals surface area contributed by atoms with E-state index in [9.17, 15) is 4.79 Å². The van der Waals surface area contributed by atoms with Crippen molar-refractivity contribution in [3.05, 3.63) is 52.8 Å². The predicted molar refractivity (Wildman–Crippen MR) is 77.0 cm³/mol.